The number of nitrogens with zero attached hydrogens (tertiary/aromatic N) is 2. The molecule has 0 unspecified atom stereocenters. The highest BCUT2D eigenvalue weighted by molar-refractivity contribution is 7.17. The van der Waals surface area contributed by atoms with Crippen LogP contribution in [0.2, 0.25) is 0 Å². The lowest BCUT2D eigenvalue weighted by Gasteiger charge is -2.28. The van der Waals surface area contributed by atoms with Crippen molar-refractivity contribution in [3.05, 3.63) is 10.4 Å². The maximum absolute atomic E-state index is 11.8. The Labute approximate surface area is 129 Å². The molecule has 0 aliphatic heterocycles. The number of carbonyl (C=O) groups excluding carboxylic acids is 1. The maximum Gasteiger partial charge on any atom is 0.343 e. The zero-order valence-corrected chi connectivity index (χ0v) is 13.9. The minimum Gasteiger partial charge on any atom is -0.465 e. The fraction of sp³-hybridized carbons (Fsp3) is 0.571. The van der Waals surface area contributed by atoms with Crippen LogP contribution in [-0.4, -0.2) is 45.2 Å². The topological polar surface area (TPSA) is 91.4 Å². The smallest absolute Gasteiger partial charge is 0.343 e. The van der Waals surface area contributed by atoms with E-state index in [4.69, 9.17) is 15.7 Å². The number of nitrogens with two attached hydrogens (primary N) is 1. The van der Waals surface area contributed by atoms with Gasteiger partial charge in [-0.2, -0.15) is 5.26 Å². The predicted molar refractivity (Wildman–Crippen MR) is 85.6 cm³/mol. The van der Waals surface area contributed by atoms with Crippen molar-refractivity contribution in [2.24, 2.45) is 5.41 Å². The molecule has 21 heavy (non-hydrogen) atoms. The van der Waals surface area contributed by atoms with Crippen molar-refractivity contribution in [1.82, 2.24) is 4.90 Å². The quantitative estimate of drug-likeness (QED) is 0.781. The largest absolute Gasteiger partial charge is 0.465 e. The van der Waals surface area contributed by atoms with Gasteiger partial charge in [-0.15, -0.1) is 11.3 Å². The molecule has 7 heteroatoms. The molecule has 0 fully saturated rings. The lowest BCUT2D eigenvalue weighted by atomic mass is 9.93. The zero-order valence-electron chi connectivity index (χ0n) is 13.1. The van der Waals surface area contributed by atoms with Gasteiger partial charge in [-0.3, -0.25) is 0 Å². The summed E-state index contributed by atoms with van der Waals surface area (Å²) in [5.74, 6) is -0.529. The molecule has 116 valence electrons. The Balaban J connectivity index is 2.98. The van der Waals surface area contributed by atoms with E-state index in [-0.39, 0.29) is 16.7 Å². The summed E-state index contributed by atoms with van der Waals surface area (Å²) in [7, 11) is 5.32. The maximum atomic E-state index is 11.8. The molecule has 0 aliphatic rings. The van der Waals surface area contributed by atoms with Crippen molar-refractivity contribution in [1.29, 1.82) is 5.26 Å². The lowest BCUT2D eigenvalue weighted by molar-refractivity contribution is 0.0603. The summed E-state index contributed by atoms with van der Waals surface area (Å²) in [6.07, 6.45) is 0. The van der Waals surface area contributed by atoms with Crippen LogP contribution < -0.4 is 11.1 Å². The van der Waals surface area contributed by atoms with Gasteiger partial charge in [0.15, 0.2) is 0 Å². The normalized spacial score (nSPS) is 11.3. The first kappa shape index (κ1) is 17.3. The molecule has 1 aromatic rings. The van der Waals surface area contributed by atoms with Gasteiger partial charge in [0.05, 0.1) is 12.8 Å². The van der Waals surface area contributed by atoms with E-state index in [1.54, 1.807) is 0 Å². The van der Waals surface area contributed by atoms with Gasteiger partial charge in [0.25, 0.3) is 0 Å². The standard InChI is InChI=1S/C14H22N4O2S/c1-14(2,8-18(3)4)7-17-12-10(13(19)20-5)11(16)9(6-15)21-12/h17H,7-8,16H2,1-5H3. The van der Waals surface area contributed by atoms with Crippen LogP contribution in [0.1, 0.15) is 29.1 Å². The number of nitrogen functional groups attached to an aromatic ring is 1. The number of ether oxygens (including phenoxy) is 1. The van der Waals surface area contributed by atoms with E-state index in [0.717, 1.165) is 6.54 Å². The van der Waals surface area contributed by atoms with Crippen molar-refractivity contribution >= 4 is 28.0 Å². The monoisotopic (exact) mass is 310 g/mol. The first-order chi connectivity index (χ1) is 9.71. The number of methoxy groups -OCH3 is 1. The summed E-state index contributed by atoms with van der Waals surface area (Å²) in [4.78, 5) is 14.3. The Morgan fingerprint density at radius 1 is 1.52 bits per heavy atom. The highest BCUT2D eigenvalue weighted by Gasteiger charge is 2.25. The fourth-order valence-corrected chi connectivity index (χ4v) is 3.09. The molecule has 1 rings (SSSR count). The summed E-state index contributed by atoms with van der Waals surface area (Å²) < 4.78 is 4.74. The van der Waals surface area contributed by atoms with E-state index in [9.17, 15) is 4.79 Å². The van der Waals surface area contributed by atoms with Gasteiger partial charge < -0.3 is 20.7 Å². The van der Waals surface area contributed by atoms with Crippen LogP contribution >= 0.6 is 11.3 Å². The van der Waals surface area contributed by atoms with E-state index in [2.05, 4.69) is 24.1 Å². The van der Waals surface area contributed by atoms with Crippen LogP contribution in [-0.2, 0) is 4.74 Å². The number of nitriles is 1. The molecule has 1 aromatic heterocycles. The van der Waals surface area contributed by atoms with Crippen molar-refractivity contribution in [3.63, 3.8) is 0 Å². The molecule has 0 aromatic carbocycles. The van der Waals surface area contributed by atoms with Crippen LogP contribution in [0.25, 0.3) is 0 Å². The minimum absolute atomic E-state index is 0.00243. The molecule has 3 N–H and O–H groups in total. The Morgan fingerprint density at radius 3 is 2.62 bits per heavy atom. The number of thiophene rings is 1. The average molecular weight is 310 g/mol. The summed E-state index contributed by atoms with van der Waals surface area (Å²) in [5, 5.41) is 12.9. The van der Waals surface area contributed by atoms with E-state index < -0.39 is 5.97 Å². The van der Waals surface area contributed by atoms with Gasteiger partial charge >= 0.3 is 5.97 Å². The van der Waals surface area contributed by atoms with Crippen LogP contribution in [0.5, 0.6) is 0 Å². The van der Waals surface area contributed by atoms with E-state index in [0.29, 0.717) is 16.4 Å². The van der Waals surface area contributed by atoms with Crippen molar-refractivity contribution in [3.8, 4) is 6.07 Å². The van der Waals surface area contributed by atoms with Crippen LogP contribution in [0.4, 0.5) is 10.7 Å². The highest BCUT2D eigenvalue weighted by atomic mass is 32.1. The molecular formula is C14H22N4O2S. The fourth-order valence-electron chi connectivity index (χ4n) is 2.19. The Morgan fingerprint density at radius 2 is 2.14 bits per heavy atom. The first-order valence-corrected chi connectivity index (χ1v) is 7.32. The van der Waals surface area contributed by atoms with E-state index >= 15 is 0 Å². The summed E-state index contributed by atoms with van der Waals surface area (Å²) in [5.41, 5.74) is 6.28. The van der Waals surface area contributed by atoms with Gasteiger partial charge in [-0.05, 0) is 19.5 Å². The minimum atomic E-state index is -0.529. The third-order valence-electron chi connectivity index (χ3n) is 2.91. The second-order valence-corrected chi connectivity index (χ2v) is 6.93. The number of nitrogens with one attached hydrogen (secondary N) is 1. The van der Waals surface area contributed by atoms with Gasteiger partial charge in [-0.1, -0.05) is 13.8 Å². The molecule has 1 heterocycles. The number of carbonyl (C=O) groups is 1. The average Bonchev–Trinajstić information content (AvgIpc) is 2.70. The lowest BCUT2D eigenvalue weighted by Crippen LogP contribution is -2.34. The van der Waals surface area contributed by atoms with Gasteiger partial charge in [-0.25, -0.2) is 4.79 Å². The van der Waals surface area contributed by atoms with Crippen molar-refractivity contribution in [2.45, 2.75) is 13.8 Å². The predicted octanol–water partition coefficient (Wildman–Crippen LogP) is 1.99. The number of hydrogen-bond donors (Lipinski definition) is 2. The molecule has 0 aliphatic carbocycles. The molecular weight excluding hydrogens is 288 g/mol. The molecule has 0 atom stereocenters. The first-order valence-electron chi connectivity index (χ1n) is 6.51. The number of rotatable bonds is 6. The molecule has 0 radical (unpaired) electrons. The van der Waals surface area contributed by atoms with Crippen LogP contribution in [0.15, 0.2) is 0 Å². The molecule has 6 nitrogen and oxygen atoms in total. The highest BCUT2D eigenvalue weighted by Crippen LogP contribution is 2.36. The third-order valence-corrected chi connectivity index (χ3v) is 3.98. The van der Waals surface area contributed by atoms with Gasteiger partial charge in [0.2, 0.25) is 0 Å². The van der Waals surface area contributed by atoms with Crippen molar-refractivity contribution in [2.75, 3.05) is 45.3 Å². The third kappa shape index (κ3) is 4.34. The Bertz CT molecular complexity index is 558. The number of esters is 1. The van der Waals surface area contributed by atoms with Gasteiger partial charge in [0.1, 0.15) is 21.5 Å². The molecule has 0 saturated heterocycles. The second-order valence-electron chi connectivity index (χ2n) is 5.91. The Hall–Kier alpha value is -1.78. The number of hydrogen-bond acceptors (Lipinski definition) is 7. The molecule has 0 bridgehead atoms. The van der Waals surface area contributed by atoms with E-state index in [1.165, 1.54) is 18.4 Å². The Kier molecular flexibility index (Phi) is 5.58. The second kappa shape index (κ2) is 6.78. The summed E-state index contributed by atoms with van der Waals surface area (Å²) in [6.45, 7) is 5.79. The van der Waals surface area contributed by atoms with Crippen molar-refractivity contribution < 1.29 is 9.53 Å². The van der Waals surface area contributed by atoms with E-state index in [1.807, 2.05) is 20.2 Å². The van der Waals surface area contributed by atoms with Crippen LogP contribution in [0.3, 0.4) is 0 Å². The zero-order chi connectivity index (χ0) is 16.2. The number of anilines is 2. The van der Waals surface area contributed by atoms with Gasteiger partial charge in [0, 0.05) is 13.1 Å². The van der Waals surface area contributed by atoms with Crippen LogP contribution in [0, 0.1) is 16.7 Å². The molecule has 0 amide bonds. The summed E-state index contributed by atoms with van der Waals surface area (Å²) >= 11 is 1.18. The SMILES string of the molecule is COC(=O)c1c(NCC(C)(C)CN(C)C)sc(C#N)c1N. The molecule has 0 spiro atoms. The summed E-state index contributed by atoms with van der Waals surface area (Å²) in [6, 6.07) is 2.00. The molecule has 0 saturated carbocycles.